The van der Waals surface area contributed by atoms with Gasteiger partial charge in [-0.2, -0.15) is 0 Å². The van der Waals surface area contributed by atoms with Crippen LogP contribution in [0.1, 0.15) is 25.3 Å². The summed E-state index contributed by atoms with van der Waals surface area (Å²) in [5.41, 5.74) is 2.19. The highest BCUT2D eigenvalue weighted by Gasteiger charge is 2.13. The Balaban J connectivity index is 2.28. The smallest absolute Gasteiger partial charge is 0.200 e. The summed E-state index contributed by atoms with van der Waals surface area (Å²) < 4.78 is 6.04. The van der Waals surface area contributed by atoms with Crippen LogP contribution in [0.15, 0.2) is 69.9 Å². The maximum Gasteiger partial charge on any atom is 0.200 e. The molecule has 0 atom stereocenters. The largest absolute Gasteiger partial charge is 0.455 e. The van der Waals surface area contributed by atoms with Crippen molar-refractivity contribution in [2.24, 2.45) is 0 Å². The second kappa shape index (κ2) is 6.44. The van der Waals surface area contributed by atoms with E-state index in [1.165, 1.54) is 0 Å². The number of rotatable bonds is 4. The van der Waals surface area contributed by atoms with Crippen LogP contribution in [0, 0.1) is 0 Å². The molecule has 0 amide bonds. The number of hydrogen-bond donors (Lipinski definition) is 0. The first-order chi connectivity index (χ1) is 10.8. The minimum absolute atomic E-state index is 0.0213. The van der Waals surface area contributed by atoms with Crippen molar-refractivity contribution >= 4 is 17.0 Å². The third kappa shape index (κ3) is 2.73. The van der Waals surface area contributed by atoms with E-state index in [0.29, 0.717) is 22.3 Å². The van der Waals surface area contributed by atoms with Crippen molar-refractivity contribution in [2.45, 2.75) is 19.8 Å². The lowest BCUT2D eigenvalue weighted by Crippen LogP contribution is -2.07. The van der Waals surface area contributed by atoms with E-state index in [9.17, 15) is 4.79 Å². The number of fused-ring (bicyclic) bond motifs is 1. The van der Waals surface area contributed by atoms with E-state index in [-0.39, 0.29) is 5.43 Å². The van der Waals surface area contributed by atoms with Gasteiger partial charge in [-0.05, 0) is 18.6 Å². The minimum atomic E-state index is 0.0213. The normalized spacial score (nSPS) is 11.3. The molecular formula is C20H18O2. The summed E-state index contributed by atoms with van der Waals surface area (Å²) in [6, 6.07) is 17.2. The zero-order chi connectivity index (χ0) is 15.4. The van der Waals surface area contributed by atoms with Crippen molar-refractivity contribution in [3.63, 3.8) is 0 Å². The SMILES string of the molecule is CCCC=Cc1c(-c2ccccc2)oc2ccccc2c1=O. The van der Waals surface area contributed by atoms with Gasteiger partial charge in [-0.15, -0.1) is 0 Å². The van der Waals surface area contributed by atoms with Crippen LogP contribution in [0.5, 0.6) is 0 Å². The molecule has 22 heavy (non-hydrogen) atoms. The highest BCUT2D eigenvalue weighted by Crippen LogP contribution is 2.26. The minimum Gasteiger partial charge on any atom is -0.455 e. The quantitative estimate of drug-likeness (QED) is 0.655. The number of para-hydroxylation sites is 1. The third-order valence-electron chi connectivity index (χ3n) is 3.61. The highest BCUT2D eigenvalue weighted by atomic mass is 16.3. The summed E-state index contributed by atoms with van der Waals surface area (Å²) >= 11 is 0. The zero-order valence-corrected chi connectivity index (χ0v) is 12.6. The van der Waals surface area contributed by atoms with Gasteiger partial charge in [0.2, 0.25) is 5.43 Å². The molecule has 0 aliphatic carbocycles. The molecule has 0 bridgehead atoms. The summed E-state index contributed by atoms with van der Waals surface area (Å²) in [6.07, 6.45) is 5.92. The first-order valence-electron chi connectivity index (χ1n) is 7.59. The van der Waals surface area contributed by atoms with Gasteiger partial charge in [-0.3, -0.25) is 4.79 Å². The highest BCUT2D eigenvalue weighted by molar-refractivity contribution is 5.83. The standard InChI is InChI=1S/C20H18O2/c1-2-3-5-13-17-19(21)16-12-8-9-14-18(16)22-20(17)15-10-6-4-7-11-15/h4-14H,2-3H2,1H3. The van der Waals surface area contributed by atoms with Crippen LogP contribution in [-0.4, -0.2) is 0 Å². The van der Waals surface area contributed by atoms with Crippen molar-refractivity contribution in [3.8, 4) is 11.3 Å². The van der Waals surface area contributed by atoms with Crippen molar-refractivity contribution in [1.29, 1.82) is 0 Å². The zero-order valence-electron chi connectivity index (χ0n) is 12.6. The molecule has 0 unspecified atom stereocenters. The second-order valence-electron chi connectivity index (χ2n) is 5.23. The monoisotopic (exact) mass is 290 g/mol. The molecule has 2 aromatic carbocycles. The van der Waals surface area contributed by atoms with Gasteiger partial charge in [0.05, 0.1) is 10.9 Å². The van der Waals surface area contributed by atoms with Crippen LogP contribution in [0.25, 0.3) is 28.4 Å². The summed E-state index contributed by atoms with van der Waals surface area (Å²) in [7, 11) is 0. The predicted molar refractivity (Wildman–Crippen MR) is 91.9 cm³/mol. The van der Waals surface area contributed by atoms with Crippen LogP contribution in [0.3, 0.4) is 0 Å². The van der Waals surface area contributed by atoms with Gasteiger partial charge in [-0.25, -0.2) is 0 Å². The molecule has 3 rings (SSSR count). The van der Waals surface area contributed by atoms with Gasteiger partial charge in [0.25, 0.3) is 0 Å². The first kappa shape index (κ1) is 14.3. The van der Waals surface area contributed by atoms with Crippen molar-refractivity contribution in [1.82, 2.24) is 0 Å². The molecule has 3 aromatic rings. The Morgan fingerprint density at radius 2 is 1.73 bits per heavy atom. The number of benzene rings is 2. The lowest BCUT2D eigenvalue weighted by molar-refractivity contribution is 0.617. The Morgan fingerprint density at radius 3 is 2.50 bits per heavy atom. The molecule has 0 spiro atoms. The Kier molecular flexibility index (Phi) is 4.19. The molecule has 2 nitrogen and oxygen atoms in total. The van der Waals surface area contributed by atoms with E-state index in [2.05, 4.69) is 6.92 Å². The van der Waals surface area contributed by atoms with Crippen molar-refractivity contribution in [2.75, 3.05) is 0 Å². The summed E-state index contributed by atoms with van der Waals surface area (Å²) in [4.78, 5) is 12.8. The molecule has 1 aromatic heterocycles. The molecule has 0 radical (unpaired) electrons. The van der Waals surface area contributed by atoms with E-state index < -0.39 is 0 Å². The van der Waals surface area contributed by atoms with Crippen molar-refractivity contribution in [3.05, 3.63) is 76.5 Å². The molecule has 0 fully saturated rings. The third-order valence-corrected chi connectivity index (χ3v) is 3.61. The summed E-state index contributed by atoms with van der Waals surface area (Å²) in [5.74, 6) is 0.636. The van der Waals surface area contributed by atoms with Crippen LogP contribution in [0.2, 0.25) is 0 Å². The van der Waals surface area contributed by atoms with Gasteiger partial charge < -0.3 is 4.42 Å². The van der Waals surface area contributed by atoms with Crippen LogP contribution >= 0.6 is 0 Å². The maximum atomic E-state index is 12.8. The molecule has 0 N–H and O–H groups in total. The topological polar surface area (TPSA) is 30.2 Å². The van der Waals surface area contributed by atoms with Crippen molar-refractivity contribution < 1.29 is 4.42 Å². The van der Waals surface area contributed by atoms with E-state index in [4.69, 9.17) is 4.42 Å². The number of hydrogen-bond acceptors (Lipinski definition) is 2. The Morgan fingerprint density at radius 1 is 1.00 bits per heavy atom. The van der Waals surface area contributed by atoms with Gasteiger partial charge in [-0.1, -0.05) is 68.0 Å². The fourth-order valence-corrected chi connectivity index (χ4v) is 2.48. The molecule has 0 aliphatic rings. The molecule has 0 saturated carbocycles. The van der Waals surface area contributed by atoms with Gasteiger partial charge in [0, 0.05) is 5.56 Å². The number of allylic oxidation sites excluding steroid dienone is 1. The Hall–Kier alpha value is -2.61. The molecule has 0 saturated heterocycles. The Bertz CT molecular complexity index is 858. The molecule has 1 heterocycles. The van der Waals surface area contributed by atoms with Crippen LogP contribution < -0.4 is 5.43 Å². The average Bonchev–Trinajstić information content (AvgIpc) is 2.57. The fourth-order valence-electron chi connectivity index (χ4n) is 2.48. The first-order valence-corrected chi connectivity index (χ1v) is 7.59. The van der Waals surface area contributed by atoms with E-state index >= 15 is 0 Å². The maximum absolute atomic E-state index is 12.8. The second-order valence-corrected chi connectivity index (χ2v) is 5.23. The summed E-state index contributed by atoms with van der Waals surface area (Å²) in [5, 5.41) is 0.623. The lowest BCUT2D eigenvalue weighted by Gasteiger charge is -2.07. The predicted octanol–water partition coefficient (Wildman–Crippen LogP) is 5.27. The van der Waals surface area contributed by atoms with Crippen LogP contribution in [0.4, 0.5) is 0 Å². The molecule has 110 valence electrons. The van der Waals surface area contributed by atoms with Crippen LogP contribution in [-0.2, 0) is 0 Å². The Labute approximate surface area is 129 Å². The van der Waals surface area contributed by atoms with E-state index in [1.54, 1.807) is 0 Å². The van der Waals surface area contributed by atoms with E-state index in [0.717, 1.165) is 18.4 Å². The molecule has 2 heteroatoms. The van der Waals surface area contributed by atoms with Gasteiger partial charge >= 0.3 is 0 Å². The number of unbranched alkanes of at least 4 members (excludes halogenated alkanes) is 1. The van der Waals surface area contributed by atoms with Gasteiger partial charge in [0.1, 0.15) is 11.3 Å². The van der Waals surface area contributed by atoms with E-state index in [1.807, 2.05) is 66.7 Å². The molecular weight excluding hydrogens is 272 g/mol. The average molecular weight is 290 g/mol. The lowest BCUT2D eigenvalue weighted by atomic mass is 10.0. The summed E-state index contributed by atoms with van der Waals surface area (Å²) in [6.45, 7) is 2.12. The fraction of sp³-hybridized carbons (Fsp3) is 0.150. The van der Waals surface area contributed by atoms with Gasteiger partial charge in [0.15, 0.2) is 0 Å². The molecule has 0 aliphatic heterocycles.